The quantitative estimate of drug-likeness (QED) is 0.283. The summed E-state index contributed by atoms with van der Waals surface area (Å²) < 4.78 is 50.5. The van der Waals surface area contributed by atoms with Gasteiger partial charge in [0.05, 0.1) is 12.7 Å². The van der Waals surface area contributed by atoms with Crippen LogP contribution in [-0.2, 0) is 42.5 Å². The Balaban J connectivity index is 1.95. The van der Waals surface area contributed by atoms with Crippen molar-refractivity contribution in [2.45, 2.75) is 30.9 Å². The van der Waals surface area contributed by atoms with Crippen LogP contribution in [0.4, 0.5) is 13.2 Å². The number of hydrogen-bond acceptors (Lipinski definition) is 8. The third-order valence-corrected chi connectivity index (χ3v) is 5.76. The average molecular weight is 559 g/mol. The molecule has 2 unspecified atom stereocenters. The molecule has 0 fully saturated rings. The van der Waals surface area contributed by atoms with E-state index in [4.69, 9.17) is 10.5 Å². The first kappa shape index (κ1) is 29.8. The zero-order valence-corrected chi connectivity index (χ0v) is 21.0. The van der Waals surface area contributed by atoms with Crippen LogP contribution in [0.15, 0.2) is 83.8 Å². The van der Waals surface area contributed by atoms with Crippen molar-refractivity contribution in [1.29, 1.82) is 0 Å². The highest BCUT2D eigenvalue weighted by atomic mass is 19.4. The van der Waals surface area contributed by atoms with E-state index in [9.17, 15) is 37.1 Å². The van der Waals surface area contributed by atoms with Gasteiger partial charge in [-0.25, -0.2) is 9.59 Å². The van der Waals surface area contributed by atoms with Gasteiger partial charge < -0.3 is 14.8 Å². The van der Waals surface area contributed by atoms with E-state index in [-0.39, 0.29) is 16.7 Å². The molecule has 1 amide bonds. The van der Waals surface area contributed by atoms with Crippen molar-refractivity contribution in [2.24, 2.45) is 5.73 Å². The van der Waals surface area contributed by atoms with Crippen LogP contribution in [0.1, 0.15) is 21.5 Å². The molecule has 2 aromatic carbocycles. The second kappa shape index (κ2) is 12.4. The summed E-state index contributed by atoms with van der Waals surface area (Å²) in [7, 11) is 1.17. The first-order valence-corrected chi connectivity index (χ1v) is 11.7. The second-order valence-corrected chi connectivity index (χ2v) is 8.52. The number of alkyl halides is 3. The Morgan fingerprint density at radius 3 is 2.23 bits per heavy atom. The van der Waals surface area contributed by atoms with Gasteiger partial charge in [0.15, 0.2) is 0 Å². The Morgan fingerprint density at radius 2 is 1.60 bits per heavy atom. The lowest BCUT2D eigenvalue weighted by atomic mass is 10.0. The number of hydrogen-bond donors (Lipinski definition) is 2. The van der Waals surface area contributed by atoms with Gasteiger partial charge in [-0.2, -0.15) is 13.2 Å². The van der Waals surface area contributed by atoms with Gasteiger partial charge in [0.2, 0.25) is 0 Å². The monoisotopic (exact) mass is 559 g/mol. The molecule has 0 saturated carbocycles. The van der Waals surface area contributed by atoms with Gasteiger partial charge in [-0.1, -0.05) is 48.5 Å². The third kappa shape index (κ3) is 6.80. The van der Waals surface area contributed by atoms with Gasteiger partial charge in [0, 0.05) is 18.7 Å². The standard InChI is InChI=1S/C27H24F3N3O7/c1-39-23(36)19-11-7-10-18(14-19)16-40-25(38)26(31,33-13-6-5-12-21(33)34)24(37)32-20(22(35)27(28,29)30)15-17-8-3-2-4-9-17/h2-14,20H,15-16,31H2,1H3,(H,32,37). The fourth-order valence-electron chi connectivity index (χ4n) is 3.71. The maximum atomic E-state index is 13.4. The number of methoxy groups -OCH3 is 1. The van der Waals surface area contributed by atoms with Crippen molar-refractivity contribution in [1.82, 2.24) is 9.88 Å². The molecule has 3 aromatic rings. The third-order valence-electron chi connectivity index (χ3n) is 5.76. The van der Waals surface area contributed by atoms with Crippen molar-refractivity contribution >= 4 is 23.6 Å². The lowest BCUT2D eigenvalue weighted by Crippen LogP contribution is -2.66. The minimum Gasteiger partial charge on any atom is -0.465 e. The Morgan fingerprint density at radius 1 is 0.950 bits per heavy atom. The van der Waals surface area contributed by atoms with Crippen LogP contribution in [0.2, 0.25) is 0 Å². The van der Waals surface area contributed by atoms with E-state index in [2.05, 4.69) is 4.74 Å². The summed E-state index contributed by atoms with van der Waals surface area (Å²) in [4.78, 5) is 63.2. The topological polar surface area (TPSA) is 147 Å². The molecule has 3 N–H and O–H groups in total. The van der Waals surface area contributed by atoms with E-state index in [1.807, 2.05) is 5.32 Å². The number of halogens is 3. The molecule has 1 heterocycles. The van der Waals surface area contributed by atoms with Crippen LogP contribution in [0.25, 0.3) is 0 Å². The van der Waals surface area contributed by atoms with Crippen LogP contribution in [0.3, 0.4) is 0 Å². The largest absolute Gasteiger partial charge is 0.465 e. The molecule has 0 bridgehead atoms. The minimum absolute atomic E-state index is 0.126. The summed E-state index contributed by atoms with van der Waals surface area (Å²) in [5.74, 6) is -6.07. The van der Waals surface area contributed by atoms with Gasteiger partial charge in [0.25, 0.3) is 22.9 Å². The van der Waals surface area contributed by atoms with Crippen LogP contribution in [-0.4, -0.2) is 47.5 Å². The Bertz CT molecular complexity index is 1460. The number of ether oxygens (including phenoxy) is 2. The number of esters is 2. The summed E-state index contributed by atoms with van der Waals surface area (Å²) in [6.07, 6.45) is -4.95. The molecule has 0 saturated heterocycles. The van der Waals surface area contributed by atoms with Gasteiger partial charge in [-0.05, 0) is 29.3 Å². The number of nitrogens with one attached hydrogen (secondary N) is 1. The van der Waals surface area contributed by atoms with Gasteiger partial charge in [-0.15, -0.1) is 0 Å². The fraction of sp³-hybridized carbons (Fsp3) is 0.222. The van der Waals surface area contributed by atoms with Crippen molar-refractivity contribution in [2.75, 3.05) is 7.11 Å². The number of carbonyl (C=O) groups excluding carboxylic acids is 4. The summed E-state index contributed by atoms with van der Waals surface area (Å²) in [5, 5.41) is 1.89. The summed E-state index contributed by atoms with van der Waals surface area (Å²) in [6.45, 7) is -0.535. The second-order valence-electron chi connectivity index (χ2n) is 8.52. The molecular formula is C27H24F3N3O7. The summed E-state index contributed by atoms with van der Waals surface area (Å²) in [5.41, 5.74) is 2.84. The van der Waals surface area contributed by atoms with Crippen LogP contribution in [0.5, 0.6) is 0 Å². The molecule has 3 rings (SSSR count). The molecule has 0 aliphatic rings. The highest BCUT2D eigenvalue weighted by Crippen LogP contribution is 2.21. The van der Waals surface area contributed by atoms with Crippen LogP contribution < -0.4 is 16.6 Å². The number of nitrogens with two attached hydrogens (primary N) is 1. The number of rotatable bonds is 10. The first-order chi connectivity index (χ1) is 18.9. The number of amides is 1. The molecule has 210 valence electrons. The molecule has 13 heteroatoms. The van der Waals surface area contributed by atoms with E-state index in [0.29, 0.717) is 4.57 Å². The highest BCUT2D eigenvalue weighted by Gasteiger charge is 2.50. The Labute approximate surface area is 225 Å². The Kier molecular flexibility index (Phi) is 9.22. The van der Waals surface area contributed by atoms with Gasteiger partial charge >= 0.3 is 18.1 Å². The Hall–Kier alpha value is -4.78. The molecule has 10 nitrogen and oxygen atoms in total. The molecular weight excluding hydrogens is 535 g/mol. The van der Waals surface area contributed by atoms with Gasteiger partial charge in [-0.3, -0.25) is 24.7 Å². The average Bonchev–Trinajstić information content (AvgIpc) is 2.94. The molecule has 0 aliphatic carbocycles. The van der Waals surface area contributed by atoms with Crippen molar-refractivity contribution in [3.63, 3.8) is 0 Å². The maximum Gasteiger partial charge on any atom is 0.452 e. The number of ketones is 1. The van der Waals surface area contributed by atoms with E-state index >= 15 is 0 Å². The van der Waals surface area contributed by atoms with E-state index < -0.39 is 60.1 Å². The lowest BCUT2D eigenvalue weighted by Gasteiger charge is -2.30. The molecule has 0 aliphatic heterocycles. The van der Waals surface area contributed by atoms with Crippen molar-refractivity contribution in [3.05, 3.63) is 106 Å². The molecule has 40 heavy (non-hydrogen) atoms. The van der Waals surface area contributed by atoms with E-state index in [1.165, 1.54) is 67.8 Å². The molecule has 0 radical (unpaired) electrons. The number of Topliss-reactive ketones (excluding diaryl/α,β-unsaturated/α-hetero) is 1. The SMILES string of the molecule is COC(=O)c1cccc(COC(=O)C(N)(C(=O)NC(Cc2ccccc2)C(=O)C(F)(F)F)n2ccccc2=O)c1. The van der Waals surface area contributed by atoms with E-state index in [1.54, 1.807) is 6.07 Å². The fourth-order valence-corrected chi connectivity index (χ4v) is 3.71. The summed E-state index contributed by atoms with van der Waals surface area (Å²) >= 11 is 0. The smallest absolute Gasteiger partial charge is 0.452 e. The predicted octanol–water partition coefficient (Wildman–Crippen LogP) is 1.85. The normalized spacial score (nSPS) is 13.4. The highest BCUT2D eigenvalue weighted by molar-refractivity contribution is 6.06. The summed E-state index contributed by atoms with van der Waals surface area (Å²) in [6, 6.07) is 14.6. The van der Waals surface area contributed by atoms with Crippen molar-refractivity contribution in [3.8, 4) is 0 Å². The van der Waals surface area contributed by atoms with Gasteiger partial charge in [0.1, 0.15) is 12.6 Å². The first-order valence-electron chi connectivity index (χ1n) is 11.7. The lowest BCUT2D eigenvalue weighted by molar-refractivity contribution is -0.174. The number of benzene rings is 2. The minimum atomic E-state index is -5.33. The number of nitrogens with zero attached hydrogens (tertiary/aromatic N) is 1. The van der Waals surface area contributed by atoms with E-state index in [0.717, 1.165) is 12.3 Å². The maximum absolute atomic E-state index is 13.4. The van der Waals surface area contributed by atoms with Crippen LogP contribution in [0, 0.1) is 0 Å². The molecule has 0 spiro atoms. The molecule has 1 aromatic heterocycles. The number of pyridine rings is 1. The zero-order chi connectivity index (χ0) is 29.5. The predicted molar refractivity (Wildman–Crippen MR) is 134 cm³/mol. The molecule has 2 atom stereocenters. The van der Waals surface area contributed by atoms with Crippen molar-refractivity contribution < 1.29 is 41.8 Å². The number of aromatic nitrogens is 1. The zero-order valence-electron chi connectivity index (χ0n) is 21.0. The number of carbonyl (C=O) groups is 4. The van der Waals surface area contributed by atoms with Crippen LogP contribution >= 0.6 is 0 Å².